The molecule has 1 aromatic carbocycles. The molecule has 0 amide bonds. The molecule has 1 aromatic rings. The van der Waals surface area contributed by atoms with Crippen LogP contribution in [0, 0.1) is 5.41 Å². The molecule has 2 saturated heterocycles. The number of hydrogen-bond acceptors (Lipinski definition) is 2. The quantitative estimate of drug-likeness (QED) is 0.657. The first kappa shape index (κ1) is 18.5. The molecule has 138 valence electrons. The number of likely N-dealkylation sites (tertiary alicyclic amines) is 1. The summed E-state index contributed by atoms with van der Waals surface area (Å²) in [5.74, 6) is 1.00. The van der Waals surface area contributed by atoms with Gasteiger partial charge in [0.25, 0.3) is 0 Å². The Kier molecular flexibility index (Phi) is 5.59. The maximum absolute atomic E-state index is 6.55. The Balaban J connectivity index is 1.76. The number of aliphatic imine (C=N–C) groups is 1. The third-order valence-electron chi connectivity index (χ3n) is 5.67. The van der Waals surface area contributed by atoms with E-state index in [9.17, 15) is 0 Å². The second-order valence-electron chi connectivity index (χ2n) is 8.11. The zero-order chi connectivity index (χ0) is 17.9. The predicted octanol–water partition coefficient (Wildman–Crippen LogP) is 3.70. The van der Waals surface area contributed by atoms with Gasteiger partial charge in [0.2, 0.25) is 0 Å². The molecule has 0 bridgehead atoms. The number of benzene rings is 1. The van der Waals surface area contributed by atoms with Gasteiger partial charge >= 0.3 is 0 Å². The number of halogens is 1. The molecule has 2 aliphatic heterocycles. The largest absolute Gasteiger partial charge is 0.381 e. The number of ether oxygens (including phenoxy) is 1. The van der Waals surface area contributed by atoms with Crippen molar-refractivity contribution in [3.63, 3.8) is 0 Å². The molecule has 0 radical (unpaired) electrons. The van der Waals surface area contributed by atoms with Gasteiger partial charge in [0.1, 0.15) is 0 Å². The summed E-state index contributed by atoms with van der Waals surface area (Å²) in [6.45, 7) is 9.16. The lowest BCUT2D eigenvalue weighted by Crippen LogP contribution is -2.49. The SMILES string of the molecule is CN=C(NCC1(c2ccccc2Cl)CCOCC1)N1CCC(C)(C)C1. The Morgan fingerprint density at radius 3 is 2.56 bits per heavy atom. The van der Waals surface area contributed by atoms with Crippen molar-refractivity contribution in [3.05, 3.63) is 34.9 Å². The van der Waals surface area contributed by atoms with Crippen LogP contribution in [0.5, 0.6) is 0 Å². The average molecular weight is 364 g/mol. The van der Waals surface area contributed by atoms with Crippen molar-refractivity contribution in [2.24, 2.45) is 10.4 Å². The lowest BCUT2D eigenvalue weighted by Gasteiger charge is -2.39. The van der Waals surface area contributed by atoms with Crippen molar-refractivity contribution in [1.29, 1.82) is 0 Å². The molecule has 2 fully saturated rings. The lowest BCUT2D eigenvalue weighted by molar-refractivity contribution is 0.0512. The molecule has 2 heterocycles. The summed E-state index contributed by atoms with van der Waals surface area (Å²) in [7, 11) is 1.87. The summed E-state index contributed by atoms with van der Waals surface area (Å²) in [6, 6.07) is 8.23. The van der Waals surface area contributed by atoms with Crippen molar-refractivity contribution in [3.8, 4) is 0 Å². The number of nitrogens with one attached hydrogen (secondary N) is 1. The maximum atomic E-state index is 6.55. The highest BCUT2D eigenvalue weighted by Crippen LogP contribution is 2.38. The van der Waals surface area contributed by atoms with Crippen LogP contribution in [0.1, 0.15) is 38.7 Å². The van der Waals surface area contributed by atoms with E-state index in [-0.39, 0.29) is 5.41 Å². The molecule has 25 heavy (non-hydrogen) atoms. The highest BCUT2D eigenvalue weighted by molar-refractivity contribution is 6.31. The van der Waals surface area contributed by atoms with Gasteiger partial charge in [0, 0.05) is 50.3 Å². The van der Waals surface area contributed by atoms with E-state index < -0.39 is 0 Å². The average Bonchev–Trinajstić information content (AvgIpc) is 2.96. The summed E-state index contributed by atoms with van der Waals surface area (Å²) in [4.78, 5) is 6.91. The molecular weight excluding hydrogens is 334 g/mol. The maximum Gasteiger partial charge on any atom is 0.193 e. The molecule has 4 nitrogen and oxygen atoms in total. The molecule has 5 heteroatoms. The molecule has 0 spiro atoms. The van der Waals surface area contributed by atoms with E-state index in [1.807, 2.05) is 19.2 Å². The van der Waals surface area contributed by atoms with E-state index in [1.165, 1.54) is 12.0 Å². The van der Waals surface area contributed by atoms with E-state index in [1.54, 1.807) is 0 Å². The monoisotopic (exact) mass is 363 g/mol. The Bertz CT molecular complexity index is 623. The zero-order valence-electron chi connectivity index (χ0n) is 15.6. The minimum Gasteiger partial charge on any atom is -0.381 e. The summed E-state index contributed by atoms with van der Waals surface area (Å²) < 4.78 is 5.63. The van der Waals surface area contributed by atoms with E-state index in [4.69, 9.17) is 16.3 Å². The van der Waals surface area contributed by atoms with Crippen molar-refractivity contribution < 1.29 is 4.74 Å². The molecule has 3 rings (SSSR count). The van der Waals surface area contributed by atoms with E-state index in [0.29, 0.717) is 5.41 Å². The van der Waals surface area contributed by atoms with Crippen molar-refractivity contribution in [1.82, 2.24) is 10.2 Å². The highest BCUT2D eigenvalue weighted by Gasteiger charge is 2.37. The van der Waals surface area contributed by atoms with Gasteiger partial charge in [-0.05, 0) is 36.3 Å². The minimum absolute atomic E-state index is 0.00176. The van der Waals surface area contributed by atoms with Crippen molar-refractivity contribution in [2.45, 2.75) is 38.5 Å². The lowest BCUT2D eigenvalue weighted by atomic mass is 9.74. The predicted molar refractivity (Wildman–Crippen MR) is 105 cm³/mol. The fraction of sp³-hybridized carbons (Fsp3) is 0.650. The highest BCUT2D eigenvalue weighted by atomic mass is 35.5. The Morgan fingerprint density at radius 1 is 1.24 bits per heavy atom. The molecule has 0 aliphatic carbocycles. The van der Waals surface area contributed by atoms with Gasteiger partial charge in [-0.15, -0.1) is 0 Å². The molecule has 0 aromatic heterocycles. The van der Waals surface area contributed by atoms with Crippen LogP contribution in [0.15, 0.2) is 29.3 Å². The number of guanidine groups is 1. The van der Waals surface area contributed by atoms with Gasteiger partial charge < -0.3 is 15.0 Å². The van der Waals surface area contributed by atoms with Crippen LogP contribution in [0.4, 0.5) is 0 Å². The molecular formula is C20H30ClN3O. The molecule has 0 atom stereocenters. The van der Waals surface area contributed by atoms with Gasteiger partial charge in [-0.1, -0.05) is 43.6 Å². The number of hydrogen-bond donors (Lipinski definition) is 1. The van der Waals surface area contributed by atoms with Crippen LogP contribution >= 0.6 is 11.6 Å². The Labute approximate surface area is 156 Å². The summed E-state index contributed by atoms with van der Waals surface area (Å²) in [6.07, 6.45) is 3.16. The normalized spacial score (nSPS) is 22.9. The molecule has 0 saturated carbocycles. The number of nitrogens with zero attached hydrogens (tertiary/aromatic N) is 2. The standard InChI is InChI=1S/C20H30ClN3O/c1-19(2)8-11-24(15-19)18(22-3)23-14-20(9-12-25-13-10-20)16-6-4-5-7-17(16)21/h4-7H,8-15H2,1-3H3,(H,22,23). The first-order valence-electron chi connectivity index (χ1n) is 9.24. The number of rotatable bonds is 3. The van der Waals surface area contributed by atoms with Gasteiger partial charge in [-0.2, -0.15) is 0 Å². The zero-order valence-corrected chi connectivity index (χ0v) is 16.4. The first-order valence-corrected chi connectivity index (χ1v) is 9.62. The second-order valence-corrected chi connectivity index (χ2v) is 8.52. The van der Waals surface area contributed by atoms with Crippen LogP contribution in [-0.2, 0) is 10.2 Å². The van der Waals surface area contributed by atoms with Crippen LogP contribution < -0.4 is 5.32 Å². The summed E-state index contributed by atoms with van der Waals surface area (Å²) in [5, 5.41) is 4.50. The topological polar surface area (TPSA) is 36.9 Å². The Hall–Kier alpha value is -1.26. The van der Waals surface area contributed by atoms with Gasteiger partial charge in [0.05, 0.1) is 0 Å². The second kappa shape index (κ2) is 7.55. The van der Waals surface area contributed by atoms with Crippen LogP contribution in [0.2, 0.25) is 5.02 Å². The van der Waals surface area contributed by atoms with Gasteiger partial charge in [-0.3, -0.25) is 4.99 Å². The van der Waals surface area contributed by atoms with Crippen LogP contribution in [0.3, 0.4) is 0 Å². The fourth-order valence-corrected chi connectivity index (χ4v) is 4.40. The van der Waals surface area contributed by atoms with Crippen molar-refractivity contribution >= 4 is 17.6 Å². The first-order chi connectivity index (χ1) is 12.0. The minimum atomic E-state index is 0.00176. The summed E-state index contributed by atoms with van der Waals surface area (Å²) in [5.41, 5.74) is 1.59. The van der Waals surface area contributed by atoms with Crippen LogP contribution in [0.25, 0.3) is 0 Å². The van der Waals surface area contributed by atoms with Crippen molar-refractivity contribution in [2.75, 3.05) is 39.9 Å². The molecule has 1 N–H and O–H groups in total. The van der Waals surface area contributed by atoms with E-state index in [2.05, 4.69) is 41.2 Å². The third kappa shape index (κ3) is 4.12. The molecule has 2 aliphatic rings. The summed E-state index contributed by atoms with van der Waals surface area (Å²) >= 11 is 6.55. The smallest absolute Gasteiger partial charge is 0.193 e. The van der Waals surface area contributed by atoms with Gasteiger partial charge in [-0.25, -0.2) is 0 Å². The van der Waals surface area contributed by atoms with E-state index >= 15 is 0 Å². The van der Waals surface area contributed by atoms with Crippen LogP contribution in [-0.4, -0.2) is 50.8 Å². The Morgan fingerprint density at radius 2 is 1.96 bits per heavy atom. The fourth-order valence-electron chi connectivity index (χ4n) is 4.07. The van der Waals surface area contributed by atoms with Gasteiger partial charge in [0.15, 0.2) is 5.96 Å². The third-order valence-corrected chi connectivity index (χ3v) is 6.00. The van der Waals surface area contributed by atoms with E-state index in [0.717, 1.165) is 56.7 Å². The molecule has 0 unspecified atom stereocenters.